The first-order valence-electron chi connectivity index (χ1n) is 9.53. The van der Waals surface area contributed by atoms with Gasteiger partial charge in [0.05, 0.1) is 32.4 Å². The summed E-state index contributed by atoms with van der Waals surface area (Å²) < 4.78 is 24.5. The quantitative estimate of drug-likeness (QED) is 0.778. The molecule has 3 heterocycles. The molecule has 0 saturated carbocycles. The molecular weight excluding hydrogens is 409 g/mol. The number of halogens is 1. The average molecular weight is 429 g/mol. The molecule has 1 N–H and O–H groups in total. The summed E-state index contributed by atoms with van der Waals surface area (Å²) in [5.74, 6) is 0.183. The summed E-state index contributed by atoms with van der Waals surface area (Å²) in [6, 6.07) is 8.04. The molecule has 2 aliphatic heterocycles. The van der Waals surface area contributed by atoms with Crippen LogP contribution < -0.4 is 15.1 Å². The lowest BCUT2D eigenvalue weighted by Gasteiger charge is -2.20. The minimum atomic E-state index is -0.620. The van der Waals surface area contributed by atoms with Crippen LogP contribution in [0.5, 0.6) is 0 Å². The second-order valence-electron chi connectivity index (χ2n) is 6.81. The monoisotopic (exact) mass is 429 g/mol. The summed E-state index contributed by atoms with van der Waals surface area (Å²) in [7, 11) is 1.24. The van der Waals surface area contributed by atoms with Crippen molar-refractivity contribution in [3.8, 4) is 11.1 Å². The summed E-state index contributed by atoms with van der Waals surface area (Å²) in [6.45, 7) is 1.37. The van der Waals surface area contributed by atoms with Crippen molar-refractivity contribution >= 4 is 30.0 Å². The number of ether oxygens (including phenoxy) is 2. The van der Waals surface area contributed by atoms with Gasteiger partial charge >= 0.3 is 12.2 Å². The zero-order chi connectivity index (χ0) is 21.8. The number of hydrogen-bond acceptors (Lipinski definition) is 8. The highest BCUT2D eigenvalue weighted by molar-refractivity contribution is 5.90. The highest BCUT2D eigenvalue weighted by Crippen LogP contribution is 2.29. The van der Waals surface area contributed by atoms with E-state index in [1.165, 1.54) is 18.1 Å². The Bertz CT molecular complexity index is 1000. The molecule has 162 valence electrons. The van der Waals surface area contributed by atoms with Crippen LogP contribution in [-0.4, -0.2) is 63.0 Å². The van der Waals surface area contributed by atoms with Crippen LogP contribution in [0.2, 0.25) is 0 Å². The standard InChI is InChI=1S/C20H20FN5O5/c1-29-19(27)23-10-15-11-26(20(28)31-15)14-3-4-16(17(21)8-14)13-2-5-18(22-9-13)25-6-7-30-24-12-25/h2-5,8-9,12,15H,6-7,10-11H2,1H3,(H,23,27). The van der Waals surface area contributed by atoms with Gasteiger partial charge in [-0.15, -0.1) is 0 Å². The number of amides is 2. The van der Waals surface area contributed by atoms with Gasteiger partial charge in [-0.2, -0.15) is 0 Å². The molecule has 2 amide bonds. The molecule has 2 aromatic rings. The Balaban J connectivity index is 1.45. The van der Waals surface area contributed by atoms with Gasteiger partial charge < -0.3 is 24.5 Å². The Morgan fingerprint density at radius 2 is 2.23 bits per heavy atom. The van der Waals surface area contributed by atoms with Crippen LogP contribution in [0.25, 0.3) is 11.1 Å². The van der Waals surface area contributed by atoms with E-state index in [-0.39, 0.29) is 13.1 Å². The van der Waals surface area contributed by atoms with Gasteiger partial charge in [0.2, 0.25) is 0 Å². The number of carbonyl (C=O) groups excluding carboxylic acids is 2. The molecule has 1 aromatic carbocycles. The molecule has 0 bridgehead atoms. The zero-order valence-electron chi connectivity index (χ0n) is 16.7. The summed E-state index contributed by atoms with van der Waals surface area (Å²) in [4.78, 5) is 35.8. The number of benzene rings is 1. The first-order valence-corrected chi connectivity index (χ1v) is 9.53. The number of carbonyl (C=O) groups is 2. The molecule has 0 aliphatic carbocycles. The fraction of sp³-hybridized carbons (Fsp3) is 0.300. The van der Waals surface area contributed by atoms with Gasteiger partial charge in [-0.3, -0.25) is 4.90 Å². The number of aromatic nitrogens is 1. The summed E-state index contributed by atoms with van der Waals surface area (Å²) in [5, 5.41) is 6.22. The summed E-state index contributed by atoms with van der Waals surface area (Å²) >= 11 is 0. The highest BCUT2D eigenvalue weighted by Gasteiger charge is 2.33. The summed E-state index contributed by atoms with van der Waals surface area (Å²) in [6.07, 6.45) is 1.33. The van der Waals surface area contributed by atoms with Gasteiger partial charge in [0, 0.05) is 17.3 Å². The molecule has 1 atom stereocenters. The van der Waals surface area contributed by atoms with E-state index in [2.05, 4.69) is 20.2 Å². The minimum Gasteiger partial charge on any atom is -0.453 e. The van der Waals surface area contributed by atoms with Crippen molar-refractivity contribution in [2.24, 2.45) is 5.16 Å². The van der Waals surface area contributed by atoms with Crippen molar-refractivity contribution in [2.45, 2.75) is 6.10 Å². The Morgan fingerprint density at radius 3 is 2.90 bits per heavy atom. The van der Waals surface area contributed by atoms with E-state index >= 15 is 0 Å². The van der Waals surface area contributed by atoms with Crippen LogP contribution >= 0.6 is 0 Å². The Kier molecular flexibility index (Phi) is 5.83. The number of cyclic esters (lactones) is 1. The molecular formula is C20H20FN5O5. The van der Waals surface area contributed by atoms with E-state index in [0.717, 1.165) is 0 Å². The van der Waals surface area contributed by atoms with E-state index in [1.807, 2.05) is 4.90 Å². The third-order valence-electron chi connectivity index (χ3n) is 4.84. The molecule has 1 aromatic heterocycles. The molecule has 11 heteroatoms. The number of hydrogen-bond donors (Lipinski definition) is 1. The number of methoxy groups -OCH3 is 1. The topological polar surface area (TPSA) is 106 Å². The molecule has 0 spiro atoms. The van der Waals surface area contributed by atoms with Gasteiger partial charge in [-0.05, 0) is 30.3 Å². The number of rotatable bonds is 5. The van der Waals surface area contributed by atoms with E-state index in [4.69, 9.17) is 9.57 Å². The number of nitrogens with one attached hydrogen (secondary N) is 1. The van der Waals surface area contributed by atoms with Gasteiger partial charge in [-0.1, -0.05) is 5.16 Å². The Morgan fingerprint density at radius 1 is 1.35 bits per heavy atom. The second-order valence-corrected chi connectivity index (χ2v) is 6.81. The lowest BCUT2D eigenvalue weighted by Crippen LogP contribution is -2.34. The predicted molar refractivity (Wildman–Crippen MR) is 109 cm³/mol. The van der Waals surface area contributed by atoms with Crippen LogP contribution in [0.1, 0.15) is 0 Å². The van der Waals surface area contributed by atoms with Gasteiger partial charge in [0.25, 0.3) is 0 Å². The third-order valence-corrected chi connectivity index (χ3v) is 4.84. The summed E-state index contributed by atoms with van der Waals surface area (Å²) in [5.41, 5.74) is 1.32. The maximum Gasteiger partial charge on any atom is 0.414 e. The number of alkyl carbamates (subject to hydrolysis) is 1. The molecule has 31 heavy (non-hydrogen) atoms. The van der Waals surface area contributed by atoms with Crippen molar-refractivity contribution in [2.75, 3.05) is 43.2 Å². The SMILES string of the molecule is COC(=O)NCC1CN(c2ccc(-c3ccc(N4C=NOCC4)nc3)c(F)c2)C(=O)O1. The molecule has 0 radical (unpaired) electrons. The lowest BCUT2D eigenvalue weighted by molar-refractivity contribution is 0.132. The van der Waals surface area contributed by atoms with Crippen molar-refractivity contribution in [1.29, 1.82) is 0 Å². The molecule has 1 unspecified atom stereocenters. The average Bonchev–Trinajstić information content (AvgIpc) is 3.18. The van der Waals surface area contributed by atoms with Crippen molar-refractivity contribution in [3.05, 3.63) is 42.3 Å². The number of oxime groups is 1. The molecule has 10 nitrogen and oxygen atoms in total. The molecule has 4 rings (SSSR count). The van der Waals surface area contributed by atoms with E-state index < -0.39 is 24.1 Å². The van der Waals surface area contributed by atoms with Gasteiger partial charge in [0.1, 0.15) is 30.7 Å². The molecule has 1 saturated heterocycles. The van der Waals surface area contributed by atoms with Crippen LogP contribution in [0, 0.1) is 5.82 Å². The van der Waals surface area contributed by atoms with E-state index in [0.29, 0.717) is 35.8 Å². The minimum absolute atomic E-state index is 0.0986. The van der Waals surface area contributed by atoms with E-state index in [9.17, 15) is 14.0 Å². The van der Waals surface area contributed by atoms with Crippen molar-refractivity contribution < 1.29 is 28.3 Å². The normalized spacial score (nSPS) is 17.9. The molecule has 1 fully saturated rings. The second kappa shape index (κ2) is 8.86. The lowest BCUT2D eigenvalue weighted by atomic mass is 10.1. The number of pyridine rings is 1. The molecule has 2 aliphatic rings. The fourth-order valence-corrected chi connectivity index (χ4v) is 3.24. The van der Waals surface area contributed by atoms with Gasteiger partial charge in [0.15, 0.2) is 0 Å². The number of anilines is 2. The van der Waals surface area contributed by atoms with Crippen molar-refractivity contribution in [1.82, 2.24) is 10.3 Å². The number of nitrogens with zero attached hydrogens (tertiary/aromatic N) is 4. The largest absolute Gasteiger partial charge is 0.453 e. The Hall–Kier alpha value is -3.89. The van der Waals surface area contributed by atoms with Crippen LogP contribution in [0.4, 0.5) is 25.5 Å². The van der Waals surface area contributed by atoms with Crippen LogP contribution in [0.15, 0.2) is 41.7 Å². The fourth-order valence-electron chi connectivity index (χ4n) is 3.24. The van der Waals surface area contributed by atoms with E-state index in [1.54, 1.807) is 36.8 Å². The van der Waals surface area contributed by atoms with Crippen molar-refractivity contribution in [3.63, 3.8) is 0 Å². The zero-order valence-corrected chi connectivity index (χ0v) is 16.7. The maximum absolute atomic E-state index is 14.8. The third kappa shape index (κ3) is 4.49. The maximum atomic E-state index is 14.8. The Labute approximate surface area is 177 Å². The smallest absolute Gasteiger partial charge is 0.414 e. The van der Waals surface area contributed by atoms with Crippen LogP contribution in [0.3, 0.4) is 0 Å². The van der Waals surface area contributed by atoms with Gasteiger partial charge in [-0.25, -0.2) is 19.0 Å². The predicted octanol–water partition coefficient (Wildman–Crippen LogP) is 2.35. The van der Waals surface area contributed by atoms with Crippen LogP contribution in [-0.2, 0) is 14.3 Å². The highest BCUT2D eigenvalue weighted by atomic mass is 19.1. The first-order chi connectivity index (χ1) is 15.0. The first kappa shape index (κ1) is 20.4.